The molecule has 4 aromatic rings. The number of unbranched alkanes of at least 4 members (excludes halogenated alkanes) is 3. The molecule has 1 heterocycles. The van der Waals surface area contributed by atoms with Crippen LogP contribution in [0.15, 0.2) is 82.5 Å². The predicted molar refractivity (Wildman–Crippen MR) is 183 cm³/mol. The summed E-state index contributed by atoms with van der Waals surface area (Å²) in [4.78, 5) is 37.3. The molecule has 0 saturated carbocycles. The van der Waals surface area contributed by atoms with Crippen molar-refractivity contribution in [3.63, 3.8) is 0 Å². The number of aromatic hydroxyl groups is 1. The van der Waals surface area contributed by atoms with Gasteiger partial charge in [-0.15, -0.1) is 0 Å². The molecule has 3 aromatic carbocycles. The number of rotatable bonds is 18. The number of carboxylic acids is 1. The summed E-state index contributed by atoms with van der Waals surface area (Å²) in [6.07, 6.45) is 4.84. The highest BCUT2D eigenvalue weighted by atomic mass is 16.5. The Labute approximate surface area is 279 Å². The third kappa shape index (κ3) is 13.3. The summed E-state index contributed by atoms with van der Waals surface area (Å²) in [5, 5.41) is 39.9. The monoisotopic (exact) mass is 663 g/mol. The van der Waals surface area contributed by atoms with Crippen LogP contribution in [0.3, 0.4) is 0 Å². The van der Waals surface area contributed by atoms with Crippen molar-refractivity contribution in [3.05, 3.63) is 110 Å². The lowest BCUT2D eigenvalue weighted by atomic mass is 9.99. The number of carbonyl (C=O) groups is 1. The summed E-state index contributed by atoms with van der Waals surface area (Å²) in [5.41, 5.74) is 4.23. The first-order valence-corrected chi connectivity index (χ1v) is 15.9. The van der Waals surface area contributed by atoms with Gasteiger partial charge in [0.15, 0.2) is 0 Å². The third-order valence-electron chi connectivity index (χ3n) is 7.28. The van der Waals surface area contributed by atoms with Crippen LogP contribution in [-0.4, -0.2) is 69.3 Å². The first-order valence-electron chi connectivity index (χ1n) is 15.9. The van der Waals surface area contributed by atoms with Crippen molar-refractivity contribution < 1.29 is 34.7 Å². The van der Waals surface area contributed by atoms with E-state index in [4.69, 9.17) is 19.4 Å². The SMILES string of the molecule is CC(=O)O.O=c1[nH]cc(-c2cccc(-c3cccc(COCCOCCCCCCNC[C@H](O)c4ccc(O)c(CO)c4)c3)c2)c(=O)[nH]1. The molecule has 0 aliphatic rings. The van der Waals surface area contributed by atoms with Crippen molar-refractivity contribution in [1.29, 1.82) is 0 Å². The highest BCUT2D eigenvalue weighted by Gasteiger charge is 2.10. The van der Waals surface area contributed by atoms with E-state index in [1.807, 2.05) is 42.5 Å². The summed E-state index contributed by atoms with van der Waals surface area (Å²) in [7, 11) is 0. The van der Waals surface area contributed by atoms with Gasteiger partial charge in [0.25, 0.3) is 11.5 Å². The number of carboxylic acid groups (broad SMARTS) is 1. The Bertz CT molecular complexity index is 1680. The minimum atomic E-state index is -0.833. The zero-order valence-corrected chi connectivity index (χ0v) is 27.1. The Morgan fingerprint density at radius 3 is 2.31 bits per heavy atom. The van der Waals surface area contributed by atoms with Gasteiger partial charge in [0.2, 0.25) is 0 Å². The number of ether oxygens (including phenoxy) is 2. The normalized spacial score (nSPS) is 11.5. The molecule has 0 amide bonds. The van der Waals surface area contributed by atoms with Gasteiger partial charge < -0.3 is 40.2 Å². The summed E-state index contributed by atoms with van der Waals surface area (Å²) in [6.45, 7) is 4.22. The summed E-state index contributed by atoms with van der Waals surface area (Å²) in [5.74, 6) is -0.805. The van der Waals surface area contributed by atoms with Gasteiger partial charge in [-0.2, -0.15) is 0 Å². The Morgan fingerprint density at radius 1 is 0.875 bits per heavy atom. The quantitative estimate of drug-likeness (QED) is 0.0762. The van der Waals surface area contributed by atoms with Gasteiger partial charge >= 0.3 is 5.69 Å². The van der Waals surface area contributed by atoms with Crippen LogP contribution < -0.4 is 16.6 Å². The molecule has 48 heavy (non-hydrogen) atoms. The molecule has 0 aliphatic heterocycles. The second kappa shape index (κ2) is 20.6. The topological polar surface area (TPSA) is 194 Å². The smallest absolute Gasteiger partial charge is 0.325 e. The molecule has 0 aliphatic carbocycles. The molecule has 12 nitrogen and oxygen atoms in total. The fourth-order valence-corrected chi connectivity index (χ4v) is 4.84. The highest BCUT2D eigenvalue weighted by Crippen LogP contribution is 2.25. The second-order valence-corrected chi connectivity index (χ2v) is 11.1. The number of hydrogen-bond donors (Lipinski definition) is 7. The number of nitrogens with one attached hydrogen (secondary N) is 3. The Kier molecular flexibility index (Phi) is 16.3. The molecule has 1 aromatic heterocycles. The van der Waals surface area contributed by atoms with E-state index in [1.165, 1.54) is 12.3 Å². The second-order valence-electron chi connectivity index (χ2n) is 11.1. The maximum atomic E-state index is 12.2. The lowest BCUT2D eigenvalue weighted by molar-refractivity contribution is -0.134. The summed E-state index contributed by atoms with van der Waals surface area (Å²) < 4.78 is 11.5. The standard InChI is InChI=1S/C34H41N3O7.C2H4O2/c38-22-29-19-28(11-12-31(29)39)32(40)21-35-13-3-1-2-4-14-43-15-16-44-23-24-7-5-8-25(17-24)26-9-6-10-27(18-26)30-20-36-34(42)37-33(30)41;1-2(3)4/h5-12,17-20,32,35,38-40H,1-4,13-16,21-23H2,(H2,36,37,41,42);1H3,(H,3,4)/t32-;/m0./s1. The average Bonchev–Trinajstić information content (AvgIpc) is 3.07. The number of aromatic nitrogens is 2. The Hall–Kier alpha value is -4.59. The fraction of sp³-hybridized carbons (Fsp3) is 0.361. The third-order valence-corrected chi connectivity index (χ3v) is 7.28. The van der Waals surface area contributed by atoms with Crippen LogP contribution in [-0.2, 0) is 27.5 Å². The van der Waals surface area contributed by atoms with Crippen molar-refractivity contribution in [3.8, 4) is 28.0 Å². The largest absolute Gasteiger partial charge is 0.508 e. The molecule has 4 rings (SSSR count). The molecule has 0 spiro atoms. The lowest BCUT2D eigenvalue weighted by Crippen LogP contribution is -2.22. The van der Waals surface area contributed by atoms with Gasteiger partial charge in [0.1, 0.15) is 5.75 Å². The van der Waals surface area contributed by atoms with Crippen LogP contribution in [0.2, 0.25) is 0 Å². The van der Waals surface area contributed by atoms with E-state index in [0.29, 0.717) is 49.7 Å². The molecule has 12 heteroatoms. The zero-order chi connectivity index (χ0) is 34.7. The molecule has 0 fully saturated rings. The van der Waals surface area contributed by atoms with Crippen molar-refractivity contribution in [2.24, 2.45) is 0 Å². The first-order chi connectivity index (χ1) is 23.2. The minimum absolute atomic E-state index is 0.0283. The molecule has 0 unspecified atom stereocenters. The Morgan fingerprint density at radius 2 is 1.56 bits per heavy atom. The van der Waals surface area contributed by atoms with Gasteiger partial charge in [-0.3, -0.25) is 14.6 Å². The molecular formula is C36H45N3O9. The number of benzene rings is 3. The van der Waals surface area contributed by atoms with Crippen LogP contribution >= 0.6 is 0 Å². The number of H-pyrrole nitrogens is 2. The molecular weight excluding hydrogens is 618 g/mol. The summed E-state index contributed by atoms with van der Waals surface area (Å²) >= 11 is 0. The average molecular weight is 664 g/mol. The molecule has 0 bridgehead atoms. The van der Waals surface area contributed by atoms with Crippen LogP contribution in [0.5, 0.6) is 5.75 Å². The van der Waals surface area contributed by atoms with Crippen molar-refractivity contribution in [1.82, 2.24) is 15.3 Å². The highest BCUT2D eigenvalue weighted by molar-refractivity contribution is 5.72. The molecule has 0 saturated heterocycles. The van der Waals surface area contributed by atoms with E-state index >= 15 is 0 Å². The zero-order valence-electron chi connectivity index (χ0n) is 27.1. The number of hydrogen-bond acceptors (Lipinski definition) is 9. The maximum Gasteiger partial charge on any atom is 0.325 e. The van der Waals surface area contributed by atoms with E-state index in [0.717, 1.165) is 61.4 Å². The van der Waals surface area contributed by atoms with Gasteiger partial charge in [-0.25, -0.2) is 4.79 Å². The molecule has 258 valence electrons. The minimum Gasteiger partial charge on any atom is -0.508 e. The molecule has 1 atom stereocenters. The van der Waals surface area contributed by atoms with Gasteiger partial charge in [-0.1, -0.05) is 55.3 Å². The number of aromatic amines is 2. The lowest BCUT2D eigenvalue weighted by Gasteiger charge is -2.14. The van der Waals surface area contributed by atoms with Crippen molar-refractivity contribution in [2.75, 3.05) is 32.9 Å². The maximum absolute atomic E-state index is 12.2. The number of aliphatic hydroxyl groups is 2. The molecule has 0 radical (unpaired) electrons. The number of phenols is 1. The van der Waals surface area contributed by atoms with Gasteiger partial charge in [0.05, 0.1) is 38.1 Å². The van der Waals surface area contributed by atoms with Crippen LogP contribution in [0.4, 0.5) is 0 Å². The number of aliphatic carboxylic acids is 1. The van der Waals surface area contributed by atoms with Crippen LogP contribution in [0, 0.1) is 0 Å². The van der Waals surface area contributed by atoms with Crippen molar-refractivity contribution in [2.45, 2.75) is 51.9 Å². The fourth-order valence-electron chi connectivity index (χ4n) is 4.84. The van der Waals surface area contributed by atoms with Gasteiger partial charge in [-0.05, 0) is 71.5 Å². The van der Waals surface area contributed by atoms with E-state index in [1.54, 1.807) is 12.1 Å². The summed E-state index contributed by atoms with van der Waals surface area (Å²) in [6, 6.07) is 20.5. The van der Waals surface area contributed by atoms with E-state index < -0.39 is 23.3 Å². The predicted octanol–water partition coefficient (Wildman–Crippen LogP) is 4.10. The number of aliphatic hydroxyl groups excluding tert-OH is 2. The molecule has 7 N–H and O–H groups in total. The van der Waals surface area contributed by atoms with Crippen molar-refractivity contribution >= 4 is 5.97 Å². The van der Waals surface area contributed by atoms with E-state index in [9.17, 15) is 24.9 Å². The van der Waals surface area contributed by atoms with E-state index in [-0.39, 0.29) is 12.4 Å². The van der Waals surface area contributed by atoms with Crippen LogP contribution in [0.25, 0.3) is 22.3 Å². The Balaban J connectivity index is 0.00000148. The first kappa shape index (κ1) is 37.9. The van der Waals surface area contributed by atoms with Crippen LogP contribution in [0.1, 0.15) is 55.4 Å². The van der Waals surface area contributed by atoms with Gasteiger partial charge in [0, 0.05) is 31.8 Å². The van der Waals surface area contributed by atoms with E-state index in [2.05, 4.69) is 21.4 Å².